The molecule has 5 N–H and O–H groups in total. The minimum absolute atomic E-state index is 0.0420. The van der Waals surface area contributed by atoms with Crippen LogP contribution in [-0.4, -0.2) is 137 Å². The average Bonchev–Trinajstić information content (AvgIpc) is 3.32. The molecule has 4 aromatic carbocycles. The highest BCUT2D eigenvalue weighted by Crippen LogP contribution is 2.17. The predicted octanol–water partition coefficient (Wildman–Crippen LogP) is 8.81. The highest BCUT2D eigenvalue weighted by atomic mass is 36.5. The molecular weight excluding hydrogens is 926 g/mol. The number of nitrogens with zero attached hydrogens (tertiary/aromatic N) is 4. The molecule has 0 aromatic heterocycles. The van der Waals surface area contributed by atoms with Gasteiger partial charge in [-0.05, 0) is 110 Å². The number of ketones is 1. The second kappa shape index (κ2) is 33.9. The van der Waals surface area contributed by atoms with Crippen LogP contribution in [0, 0.1) is 0 Å². The monoisotopic (exact) mass is 990 g/mol. The number of amides is 2. The summed E-state index contributed by atoms with van der Waals surface area (Å²) in [6.45, 7) is 19.3. The minimum atomic E-state index is -0.939. The van der Waals surface area contributed by atoms with Crippen molar-refractivity contribution in [2.24, 2.45) is 0 Å². The number of carboxylic acid groups (broad SMARTS) is 1. The molecule has 0 bridgehead atoms. The van der Waals surface area contributed by atoms with Gasteiger partial charge < -0.3 is 35.8 Å². The SMILES string of the molecule is CCN(CC)CC.ClCl.O=C(CCCC(=O)N1CCN(Cc2cccc(O)c2)CC1)c1ccc(Cl)cc1.O=C(O)CCNC(=O)c1ccc(Cl)cc1.Oc1cccc(CN2CCNCC2)c1. The molecule has 2 fully saturated rings. The van der Waals surface area contributed by atoms with Crippen LogP contribution in [0.5, 0.6) is 11.5 Å². The lowest BCUT2D eigenvalue weighted by Gasteiger charge is -2.34. The standard InChI is InChI=1S/C22H25ClN2O3.C11H16N2O.C10H10ClNO3.C6H15N.Cl2/c23-19-9-7-18(8-10-19)21(27)5-2-6-22(28)25-13-11-24(12-14-25)16-17-3-1-4-20(26)15-17;14-11-3-1-2-10(8-11)9-13-6-4-12-5-7-13;11-8-3-1-7(2-4-8)10(15)12-6-5-9(13)14;1-4-7(5-2)6-3;1-2/h1,3-4,7-10,15,26H,2,5-6,11-14,16H2;1-3,8,12,14H,4-7,9H2;1-4H,5-6H2,(H,12,15)(H,13,14);4-6H2,1-3H3;. The number of phenolic OH excluding ortho intramolecular Hbond substituents is 2. The van der Waals surface area contributed by atoms with Crippen molar-refractivity contribution in [3.8, 4) is 11.5 Å². The van der Waals surface area contributed by atoms with Gasteiger partial charge in [0, 0.05) is 128 Å². The topological polar surface area (TPSA) is 166 Å². The van der Waals surface area contributed by atoms with Gasteiger partial charge in [-0.15, -0.1) is 0 Å². The zero-order valence-electron chi connectivity index (χ0n) is 38.2. The van der Waals surface area contributed by atoms with Crippen molar-refractivity contribution in [3.63, 3.8) is 0 Å². The van der Waals surface area contributed by atoms with E-state index in [1.165, 1.54) is 25.2 Å². The first-order chi connectivity index (χ1) is 31.8. The number of carbonyl (C=O) groups is 4. The molecule has 0 radical (unpaired) electrons. The Morgan fingerprint density at radius 3 is 1.55 bits per heavy atom. The Morgan fingerprint density at radius 1 is 0.636 bits per heavy atom. The van der Waals surface area contributed by atoms with Crippen molar-refractivity contribution in [1.82, 2.24) is 30.2 Å². The highest BCUT2D eigenvalue weighted by Gasteiger charge is 2.21. The van der Waals surface area contributed by atoms with E-state index in [1.807, 2.05) is 29.2 Å². The number of piperazine rings is 2. The Labute approximate surface area is 410 Å². The summed E-state index contributed by atoms with van der Waals surface area (Å²) >= 11 is 11.5. The van der Waals surface area contributed by atoms with Crippen LogP contribution in [0.1, 0.15) is 78.3 Å². The number of carboxylic acids is 1. The second-order valence-electron chi connectivity index (χ2n) is 15.3. The summed E-state index contributed by atoms with van der Waals surface area (Å²) in [4.78, 5) is 55.1. The lowest BCUT2D eigenvalue weighted by Crippen LogP contribution is -2.48. The molecule has 13 nitrogen and oxygen atoms in total. The molecule has 4 aromatic rings. The van der Waals surface area contributed by atoms with Crippen molar-refractivity contribution in [2.75, 3.05) is 78.5 Å². The maximum absolute atomic E-state index is 12.4. The van der Waals surface area contributed by atoms with Crippen LogP contribution in [0.15, 0.2) is 97.1 Å². The fraction of sp³-hybridized carbons (Fsp3) is 0.429. The Bertz CT molecular complexity index is 1990. The number of Topliss-reactive ketones (excluding diaryl/α,β-unsaturated/α-hetero) is 1. The zero-order valence-corrected chi connectivity index (χ0v) is 41.3. The largest absolute Gasteiger partial charge is 0.508 e. The molecule has 0 spiro atoms. The Kier molecular flexibility index (Phi) is 29.7. The van der Waals surface area contributed by atoms with Gasteiger partial charge in [0.2, 0.25) is 5.91 Å². The number of aromatic hydroxyl groups is 2. The van der Waals surface area contributed by atoms with Gasteiger partial charge in [0.15, 0.2) is 5.78 Å². The third kappa shape index (κ3) is 24.4. The van der Waals surface area contributed by atoms with E-state index in [2.05, 4.69) is 73.9 Å². The van der Waals surface area contributed by atoms with Crippen molar-refractivity contribution in [2.45, 2.75) is 59.5 Å². The van der Waals surface area contributed by atoms with E-state index in [1.54, 1.807) is 66.7 Å². The number of benzene rings is 4. The van der Waals surface area contributed by atoms with Gasteiger partial charge in [-0.2, -0.15) is 0 Å². The first kappa shape index (κ1) is 57.7. The third-order valence-corrected chi connectivity index (χ3v) is 11.1. The van der Waals surface area contributed by atoms with E-state index in [0.29, 0.717) is 59.3 Å². The molecule has 2 saturated heterocycles. The van der Waals surface area contributed by atoms with Crippen LogP contribution in [-0.2, 0) is 22.7 Å². The molecule has 2 amide bonds. The van der Waals surface area contributed by atoms with Gasteiger partial charge in [0.25, 0.3) is 5.91 Å². The smallest absolute Gasteiger partial charge is 0.305 e. The van der Waals surface area contributed by atoms with E-state index >= 15 is 0 Å². The number of aliphatic carboxylic acids is 1. The zero-order chi connectivity index (χ0) is 48.7. The number of carbonyl (C=O) groups excluding carboxylic acids is 3. The number of phenols is 2. The van der Waals surface area contributed by atoms with Crippen molar-refractivity contribution >= 4 is 68.5 Å². The van der Waals surface area contributed by atoms with E-state index in [4.69, 9.17) is 28.3 Å². The van der Waals surface area contributed by atoms with Gasteiger partial charge in [-0.1, -0.05) is 68.2 Å². The maximum Gasteiger partial charge on any atom is 0.305 e. The van der Waals surface area contributed by atoms with Crippen molar-refractivity contribution in [3.05, 3.63) is 129 Å². The molecule has 0 saturated carbocycles. The van der Waals surface area contributed by atoms with Crippen LogP contribution >= 0.6 is 44.9 Å². The first-order valence-corrected chi connectivity index (χ1v) is 24.1. The van der Waals surface area contributed by atoms with E-state index < -0.39 is 5.97 Å². The molecule has 2 aliphatic heterocycles. The molecule has 66 heavy (non-hydrogen) atoms. The molecule has 6 rings (SSSR count). The number of halogens is 4. The normalized spacial score (nSPS) is 13.5. The van der Waals surface area contributed by atoms with Gasteiger partial charge in [0.1, 0.15) is 11.5 Å². The molecule has 2 heterocycles. The maximum atomic E-state index is 12.4. The van der Waals surface area contributed by atoms with Gasteiger partial charge >= 0.3 is 5.97 Å². The lowest BCUT2D eigenvalue weighted by atomic mass is 10.1. The summed E-state index contributed by atoms with van der Waals surface area (Å²) < 4.78 is 0. The van der Waals surface area contributed by atoms with Gasteiger partial charge in [0.05, 0.1) is 6.42 Å². The molecule has 17 heteroatoms. The predicted molar refractivity (Wildman–Crippen MR) is 267 cm³/mol. The highest BCUT2D eigenvalue weighted by molar-refractivity contribution is 6.85. The van der Waals surface area contributed by atoms with E-state index in [9.17, 15) is 29.4 Å². The Balaban J connectivity index is 0.000000333. The fourth-order valence-corrected chi connectivity index (χ4v) is 7.10. The lowest BCUT2D eigenvalue weighted by molar-refractivity contribution is -0.137. The molecule has 0 aliphatic carbocycles. The molecule has 362 valence electrons. The van der Waals surface area contributed by atoms with E-state index in [-0.39, 0.29) is 36.3 Å². The molecule has 0 atom stereocenters. The van der Waals surface area contributed by atoms with Crippen molar-refractivity contribution in [1.29, 1.82) is 0 Å². The molecular formula is C49H66Cl4N6O7. The van der Waals surface area contributed by atoms with Crippen LogP contribution < -0.4 is 10.6 Å². The van der Waals surface area contributed by atoms with Gasteiger partial charge in [-0.3, -0.25) is 29.0 Å². The second-order valence-corrected chi connectivity index (χ2v) is 16.2. The summed E-state index contributed by atoms with van der Waals surface area (Å²) in [5, 5.41) is 34.2. The number of hydrogen-bond donors (Lipinski definition) is 5. The summed E-state index contributed by atoms with van der Waals surface area (Å²) in [5.41, 5.74) is 3.36. The number of rotatable bonds is 16. The summed E-state index contributed by atoms with van der Waals surface area (Å²) in [7, 11) is 8.22. The van der Waals surface area contributed by atoms with Crippen LogP contribution in [0.2, 0.25) is 10.0 Å². The summed E-state index contributed by atoms with van der Waals surface area (Å²) in [6.07, 6.45) is 1.24. The van der Waals surface area contributed by atoms with Gasteiger partial charge in [-0.25, -0.2) is 0 Å². The number of nitrogens with one attached hydrogen (secondary N) is 2. The molecule has 0 unspecified atom stereocenters. The minimum Gasteiger partial charge on any atom is -0.508 e. The van der Waals surface area contributed by atoms with Crippen molar-refractivity contribution < 1.29 is 34.5 Å². The first-order valence-electron chi connectivity index (χ1n) is 22.2. The van der Waals surface area contributed by atoms with Crippen LogP contribution in [0.3, 0.4) is 0 Å². The molecule has 2 aliphatic rings. The number of hydrogen-bond acceptors (Lipinski definition) is 10. The average molecular weight is 993 g/mol. The fourth-order valence-electron chi connectivity index (χ4n) is 6.85. The summed E-state index contributed by atoms with van der Waals surface area (Å²) in [5.74, 6) is -0.447. The summed E-state index contributed by atoms with van der Waals surface area (Å²) in [6, 6.07) is 28.0. The quantitative estimate of drug-likeness (QED) is 0.0682. The third-order valence-electron chi connectivity index (χ3n) is 10.6. The van der Waals surface area contributed by atoms with Crippen LogP contribution in [0.25, 0.3) is 0 Å². The Morgan fingerprint density at radius 2 is 1.11 bits per heavy atom. The Hall–Kier alpha value is -4.44. The van der Waals surface area contributed by atoms with E-state index in [0.717, 1.165) is 57.9 Å². The van der Waals surface area contributed by atoms with Crippen LogP contribution in [0.4, 0.5) is 0 Å².